The molecule has 6 nitrogen and oxygen atoms in total. The number of thiophene rings is 2. The van der Waals surface area contributed by atoms with Crippen LogP contribution in [0.5, 0.6) is 23.0 Å². The van der Waals surface area contributed by atoms with Crippen LogP contribution in [0, 0.1) is 11.8 Å². The third-order valence-electron chi connectivity index (χ3n) is 13.2. The molecule has 3 unspecified atom stereocenters. The summed E-state index contributed by atoms with van der Waals surface area (Å²) in [6.07, 6.45) is 29.9. The predicted molar refractivity (Wildman–Crippen MR) is 198 cm³/mol. The van der Waals surface area contributed by atoms with E-state index in [0.717, 1.165) is 34.8 Å². The summed E-state index contributed by atoms with van der Waals surface area (Å²) in [6.45, 7) is 2.49. The van der Waals surface area contributed by atoms with Gasteiger partial charge in [0.05, 0.1) is 9.75 Å². The van der Waals surface area contributed by atoms with Gasteiger partial charge in [-0.1, -0.05) is 83.5 Å². The average Bonchev–Trinajstić information content (AvgIpc) is 3.72. The summed E-state index contributed by atoms with van der Waals surface area (Å²) in [4.78, 5) is 8.21. The maximum absolute atomic E-state index is 6.68. The van der Waals surface area contributed by atoms with Gasteiger partial charge in [0, 0.05) is 24.2 Å². The molecule has 3 atom stereocenters. The minimum Gasteiger partial charge on any atom is -0.484 e. The summed E-state index contributed by atoms with van der Waals surface area (Å²) < 4.78 is 26.6. The zero-order valence-electron chi connectivity index (χ0n) is 29.2. The summed E-state index contributed by atoms with van der Waals surface area (Å²) >= 11 is 3.89. The second-order valence-corrected chi connectivity index (χ2v) is 18.1. The van der Waals surface area contributed by atoms with Crippen LogP contribution in [0.4, 0.5) is 10.0 Å². The Balaban J connectivity index is 1.13. The van der Waals surface area contributed by atoms with Crippen LogP contribution in [0.1, 0.15) is 141 Å². The van der Waals surface area contributed by atoms with Crippen LogP contribution in [0.25, 0.3) is 9.75 Å². The lowest BCUT2D eigenvalue weighted by molar-refractivity contribution is 0.146. The molecule has 2 aromatic rings. The van der Waals surface area contributed by atoms with E-state index in [2.05, 4.69) is 9.80 Å². The number of ether oxygens (including phenoxy) is 4. The fourth-order valence-corrected chi connectivity index (χ4v) is 13.7. The van der Waals surface area contributed by atoms with Crippen molar-refractivity contribution < 1.29 is 18.9 Å². The Kier molecular flexibility index (Phi) is 9.67. The highest BCUT2D eigenvalue weighted by Gasteiger charge is 2.43. The highest BCUT2D eigenvalue weighted by Crippen LogP contribution is 2.63. The Morgan fingerprint density at radius 1 is 0.375 bits per heavy atom. The Morgan fingerprint density at radius 3 is 1.25 bits per heavy atom. The zero-order valence-corrected chi connectivity index (χ0v) is 30.8. The van der Waals surface area contributed by atoms with E-state index in [1.807, 2.05) is 22.7 Å². The fourth-order valence-electron chi connectivity index (χ4n) is 10.9. The molecule has 0 spiro atoms. The number of rotatable bonds is 7. The lowest BCUT2D eigenvalue weighted by Crippen LogP contribution is -2.48. The smallest absolute Gasteiger partial charge is 0.196 e. The molecule has 5 fully saturated rings. The van der Waals surface area contributed by atoms with E-state index in [4.69, 9.17) is 18.9 Å². The molecule has 5 saturated carbocycles. The SMILES string of the molecule is C1CCC(N(c2sc(-c3sc(N(C4CCCCC4)C4CCC5CCCCC5C4)c4c3OCCO4)c3c2OCCO3)C2CCCCC2)CC1. The van der Waals surface area contributed by atoms with Gasteiger partial charge >= 0.3 is 0 Å². The standard InChI is InChI=1S/C40H58N2O4S2/c1-4-14-29(15-5-1)41(30-16-6-2-7-17-30)39-35-33(43-22-24-45-35)37(47-39)38-34-36(46-25-23-44-34)40(48-38)42(31-18-8-3-9-19-31)32-21-20-27-12-10-11-13-28(27)26-32/h27-32H,1-26H2. The Bertz CT molecular complexity index is 1370. The second-order valence-electron chi connectivity index (χ2n) is 16.1. The maximum Gasteiger partial charge on any atom is 0.196 e. The first-order chi connectivity index (χ1) is 23.8. The van der Waals surface area contributed by atoms with Gasteiger partial charge in [0.25, 0.3) is 0 Å². The van der Waals surface area contributed by atoms with Gasteiger partial charge in [0.15, 0.2) is 23.0 Å². The van der Waals surface area contributed by atoms with Crippen molar-refractivity contribution in [2.24, 2.45) is 11.8 Å². The van der Waals surface area contributed by atoms with E-state index < -0.39 is 0 Å². The molecule has 0 amide bonds. The Hall–Kier alpha value is -1.80. The van der Waals surface area contributed by atoms with Crippen LogP contribution < -0.4 is 28.7 Å². The minimum atomic E-state index is 0.602. The van der Waals surface area contributed by atoms with Crippen molar-refractivity contribution in [2.45, 2.75) is 165 Å². The third kappa shape index (κ3) is 6.11. The number of fused-ring (bicyclic) bond motifs is 3. The molecule has 4 heterocycles. The van der Waals surface area contributed by atoms with Crippen molar-refractivity contribution in [1.82, 2.24) is 0 Å². The van der Waals surface area contributed by atoms with Gasteiger partial charge in [-0.15, -0.1) is 22.7 Å². The summed E-state index contributed by atoms with van der Waals surface area (Å²) in [7, 11) is 0. The molecule has 0 saturated heterocycles. The van der Waals surface area contributed by atoms with E-state index in [9.17, 15) is 0 Å². The summed E-state index contributed by atoms with van der Waals surface area (Å²) in [5.41, 5.74) is 0. The summed E-state index contributed by atoms with van der Waals surface area (Å²) in [5, 5.41) is 2.68. The van der Waals surface area contributed by atoms with Crippen molar-refractivity contribution in [3.63, 3.8) is 0 Å². The number of anilines is 2. The first-order valence-electron chi connectivity index (χ1n) is 20.3. The lowest BCUT2D eigenvalue weighted by atomic mass is 9.69. The van der Waals surface area contributed by atoms with E-state index >= 15 is 0 Å². The Morgan fingerprint density at radius 2 is 0.771 bits per heavy atom. The first-order valence-corrected chi connectivity index (χ1v) is 21.9. The molecule has 0 aromatic carbocycles. The van der Waals surface area contributed by atoms with Crippen molar-refractivity contribution in [3.05, 3.63) is 0 Å². The van der Waals surface area contributed by atoms with Gasteiger partial charge in [-0.25, -0.2) is 0 Å². The molecule has 2 aliphatic heterocycles. The molecule has 0 N–H and O–H groups in total. The quantitative estimate of drug-likeness (QED) is 0.287. The molecule has 48 heavy (non-hydrogen) atoms. The van der Waals surface area contributed by atoms with Crippen LogP contribution in [-0.2, 0) is 0 Å². The van der Waals surface area contributed by atoms with Crippen molar-refractivity contribution >= 4 is 32.7 Å². The zero-order chi connectivity index (χ0) is 31.9. The van der Waals surface area contributed by atoms with Crippen LogP contribution in [0.3, 0.4) is 0 Å². The largest absolute Gasteiger partial charge is 0.484 e. The summed E-state index contributed by atoms with van der Waals surface area (Å²) in [6, 6.07) is 2.42. The molecule has 7 aliphatic rings. The van der Waals surface area contributed by atoms with Crippen molar-refractivity contribution in [1.29, 1.82) is 0 Å². The predicted octanol–water partition coefficient (Wildman–Crippen LogP) is 11.0. The molecule has 5 aliphatic carbocycles. The average molecular weight is 695 g/mol. The van der Waals surface area contributed by atoms with E-state index in [0.29, 0.717) is 50.6 Å². The van der Waals surface area contributed by atoms with Crippen LogP contribution >= 0.6 is 22.7 Å². The van der Waals surface area contributed by atoms with E-state index in [1.54, 1.807) is 0 Å². The van der Waals surface area contributed by atoms with Gasteiger partial charge in [0.2, 0.25) is 0 Å². The maximum atomic E-state index is 6.68. The topological polar surface area (TPSA) is 43.4 Å². The minimum absolute atomic E-state index is 0.602. The van der Waals surface area contributed by atoms with Gasteiger partial charge in [-0.3, -0.25) is 0 Å². The Labute approximate surface area is 296 Å². The van der Waals surface area contributed by atoms with Gasteiger partial charge < -0.3 is 28.7 Å². The van der Waals surface area contributed by atoms with E-state index in [-0.39, 0.29) is 0 Å². The van der Waals surface area contributed by atoms with Gasteiger partial charge in [0.1, 0.15) is 36.4 Å². The molecule has 2 aromatic heterocycles. The second kappa shape index (κ2) is 14.4. The van der Waals surface area contributed by atoms with Crippen LogP contribution in [-0.4, -0.2) is 50.6 Å². The molecule has 0 bridgehead atoms. The number of hydrogen-bond donors (Lipinski definition) is 0. The van der Waals surface area contributed by atoms with Gasteiger partial charge in [-0.05, 0) is 69.6 Å². The molecule has 0 radical (unpaired) electrons. The normalized spacial score (nSPS) is 28.5. The summed E-state index contributed by atoms with van der Waals surface area (Å²) in [5.74, 6) is 5.83. The molecular formula is C40H58N2O4S2. The molecular weight excluding hydrogens is 637 g/mol. The molecule has 264 valence electrons. The van der Waals surface area contributed by atoms with Crippen LogP contribution in [0.15, 0.2) is 0 Å². The van der Waals surface area contributed by atoms with E-state index in [1.165, 1.54) is 161 Å². The highest BCUT2D eigenvalue weighted by atomic mass is 32.1. The van der Waals surface area contributed by atoms with Gasteiger partial charge in [-0.2, -0.15) is 0 Å². The highest BCUT2D eigenvalue weighted by molar-refractivity contribution is 7.27. The van der Waals surface area contributed by atoms with Crippen molar-refractivity contribution in [2.75, 3.05) is 36.2 Å². The number of hydrogen-bond acceptors (Lipinski definition) is 8. The monoisotopic (exact) mass is 694 g/mol. The van der Waals surface area contributed by atoms with Crippen LogP contribution in [0.2, 0.25) is 0 Å². The molecule has 9 rings (SSSR count). The number of nitrogens with zero attached hydrogens (tertiary/aromatic N) is 2. The lowest BCUT2D eigenvalue weighted by Gasteiger charge is -2.47. The first kappa shape index (κ1) is 32.1. The van der Waals surface area contributed by atoms with Crippen molar-refractivity contribution in [3.8, 4) is 32.8 Å². The fraction of sp³-hybridized carbons (Fsp3) is 0.800. The third-order valence-corrected chi connectivity index (χ3v) is 15.7. The molecule has 8 heteroatoms.